The first-order valence-corrected chi connectivity index (χ1v) is 5.81. The van der Waals surface area contributed by atoms with Crippen LogP contribution in [0.25, 0.3) is 11.1 Å². The molecule has 20 heavy (non-hydrogen) atoms. The lowest BCUT2D eigenvalue weighted by Crippen LogP contribution is -2.03. The van der Waals surface area contributed by atoms with Crippen molar-refractivity contribution in [2.24, 2.45) is 0 Å². The van der Waals surface area contributed by atoms with Gasteiger partial charge in [0.15, 0.2) is 0 Å². The molecule has 0 heterocycles. The van der Waals surface area contributed by atoms with Crippen molar-refractivity contribution >= 4 is 11.9 Å². The number of carbonyl (C=O) groups excluding carboxylic acids is 2. The highest BCUT2D eigenvalue weighted by atomic mass is 16.5. The van der Waals surface area contributed by atoms with E-state index in [1.54, 1.807) is 24.3 Å². The lowest BCUT2D eigenvalue weighted by Gasteiger charge is -2.05. The summed E-state index contributed by atoms with van der Waals surface area (Å²) >= 11 is 0. The van der Waals surface area contributed by atoms with E-state index in [0.29, 0.717) is 11.1 Å². The van der Waals surface area contributed by atoms with Crippen molar-refractivity contribution in [3.05, 3.63) is 41.5 Å². The first-order valence-electron chi connectivity index (χ1n) is 5.81. The summed E-state index contributed by atoms with van der Waals surface area (Å²) in [6, 6.07) is 10.0. The average molecular weight is 269 g/mol. The van der Waals surface area contributed by atoms with E-state index < -0.39 is 11.9 Å². The smallest absolute Gasteiger partial charge is 0.338 e. The van der Waals surface area contributed by atoms with Crippen LogP contribution in [-0.4, -0.2) is 19.0 Å². The highest BCUT2D eigenvalue weighted by Crippen LogP contribution is 2.38. The molecule has 5 nitrogen and oxygen atoms in total. The summed E-state index contributed by atoms with van der Waals surface area (Å²) in [5, 5.41) is 9.20. The van der Waals surface area contributed by atoms with Crippen LogP contribution < -0.4 is 4.74 Å². The van der Waals surface area contributed by atoms with E-state index in [0.717, 1.165) is 0 Å². The molecule has 2 rings (SSSR count). The van der Waals surface area contributed by atoms with Gasteiger partial charge < -0.3 is 9.47 Å². The van der Waals surface area contributed by atoms with Gasteiger partial charge in [-0.2, -0.15) is 5.26 Å². The highest BCUT2D eigenvalue weighted by molar-refractivity contribution is 6.02. The van der Waals surface area contributed by atoms with Gasteiger partial charge in [0.2, 0.25) is 0 Å². The van der Waals surface area contributed by atoms with E-state index in [4.69, 9.17) is 9.47 Å². The molecule has 0 bridgehead atoms. The fourth-order valence-corrected chi connectivity index (χ4v) is 2.00. The zero-order valence-corrected chi connectivity index (χ0v) is 11.0. The molecule has 0 saturated heterocycles. The standard InChI is InChI=1S/C15H11NO4/c1-9(17)20-13-6-4-3-5-11-12(15(18)19-2)7-10(8-16)14(11)13/h3-7H,1-2H3. The minimum absolute atomic E-state index is 0.240. The molecule has 0 fully saturated rings. The number of methoxy groups -OCH3 is 1. The third-order valence-corrected chi connectivity index (χ3v) is 2.76. The third kappa shape index (κ3) is 2.31. The van der Waals surface area contributed by atoms with Crippen LogP contribution in [0.15, 0.2) is 30.3 Å². The molecular weight excluding hydrogens is 258 g/mol. The van der Waals surface area contributed by atoms with Gasteiger partial charge in [0.05, 0.1) is 24.3 Å². The SMILES string of the molecule is COC(=O)c1cc(C#N)c2c(OC(C)=O)ccccc1-2. The van der Waals surface area contributed by atoms with E-state index >= 15 is 0 Å². The second kappa shape index (κ2) is 5.41. The minimum atomic E-state index is -0.545. The first kappa shape index (κ1) is 13.6. The van der Waals surface area contributed by atoms with Crippen molar-refractivity contribution < 1.29 is 19.1 Å². The van der Waals surface area contributed by atoms with Crippen molar-refractivity contribution in [1.82, 2.24) is 0 Å². The van der Waals surface area contributed by atoms with Gasteiger partial charge in [-0.1, -0.05) is 18.2 Å². The van der Waals surface area contributed by atoms with Crippen molar-refractivity contribution in [1.29, 1.82) is 5.26 Å². The normalized spacial score (nSPS) is 9.85. The third-order valence-electron chi connectivity index (χ3n) is 2.76. The predicted octanol–water partition coefficient (Wildman–Crippen LogP) is 2.37. The van der Waals surface area contributed by atoms with Gasteiger partial charge in [0.25, 0.3) is 0 Å². The molecular formula is C15H11NO4. The quantitative estimate of drug-likeness (QED) is 0.782. The Hall–Kier alpha value is -2.87. The zero-order chi connectivity index (χ0) is 14.7. The summed E-state index contributed by atoms with van der Waals surface area (Å²) in [6.45, 7) is 1.27. The fourth-order valence-electron chi connectivity index (χ4n) is 2.00. The van der Waals surface area contributed by atoms with Crippen molar-refractivity contribution in [2.45, 2.75) is 6.92 Å². The molecule has 100 valence electrons. The summed E-state index contributed by atoms with van der Waals surface area (Å²) in [4.78, 5) is 22.9. The number of nitrogens with zero attached hydrogens (tertiary/aromatic N) is 1. The molecule has 0 aromatic carbocycles. The van der Waals surface area contributed by atoms with E-state index in [-0.39, 0.29) is 16.9 Å². The maximum absolute atomic E-state index is 11.8. The Morgan fingerprint density at radius 3 is 2.55 bits per heavy atom. The highest BCUT2D eigenvalue weighted by Gasteiger charge is 2.24. The van der Waals surface area contributed by atoms with Crippen molar-refractivity contribution in [2.75, 3.05) is 7.11 Å². The Bertz CT molecular complexity index is 700. The van der Waals surface area contributed by atoms with Gasteiger partial charge in [-0.05, 0) is 12.1 Å². The molecule has 0 unspecified atom stereocenters. The number of rotatable bonds is 2. The summed E-state index contributed by atoms with van der Waals surface area (Å²) < 4.78 is 9.81. The van der Waals surface area contributed by atoms with E-state index in [9.17, 15) is 14.9 Å². The molecule has 0 spiro atoms. The maximum Gasteiger partial charge on any atom is 0.338 e. The summed E-state index contributed by atoms with van der Waals surface area (Å²) in [7, 11) is 1.27. The molecule has 5 heteroatoms. The zero-order valence-electron chi connectivity index (χ0n) is 11.0. The number of esters is 2. The average Bonchev–Trinajstić information content (AvgIpc) is 2.67. The lowest BCUT2D eigenvalue weighted by molar-refractivity contribution is -0.131. The van der Waals surface area contributed by atoms with Gasteiger partial charge in [0, 0.05) is 18.1 Å². The monoisotopic (exact) mass is 269 g/mol. The molecule has 2 aliphatic carbocycles. The Balaban J connectivity index is 2.74. The number of fused-ring (bicyclic) bond motifs is 1. The molecule has 0 aromatic rings. The summed E-state index contributed by atoms with van der Waals surface area (Å²) in [6.07, 6.45) is 0. The van der Waals surface area contributed by atoms with Gasteiger partial charge in [0.1, 0.15) is 5.75 Å². The van der Waals surface area contributed by atoms with Crippen LogP contribution in [0.1, 0.15) is 22.8 Å². The summed E-state index contributed by atoms with van der Waals surface area (Å²) in [5.74, 6) is -0.803. The number of hydrogen-bond donors (Lipinski definition) is 0. The van der Waals surface area contributed by atoms with E-state index in [1.807, 2.05) is 6.07 Å². The number of hydrogen-bond acceptors (Lipinski definition) is 5. The van der Waals surface area contributed by atoms with Crippen LogP contribution in [0.4, 0.5) is 0 Å². The molecule has 0 saturated carbocycles. The Kier molecular flexibility index (Phi) is 3.67. The Morgan fingerprint density at radius 2 is 1.95 bits per heavy atom. The van der Waals surface area contributed by atoms with Crippen LogP contribution in [0.3, 0.4) is 0 Å². The first-order chi connectivity index (χ1) is 9.58. The Morgan fingerprint density at radius 1 is 1.25 bits per heavy atom. The second-order valence-corrected chi connectivity index (χ2v) is 4.04. The lowest BCUT2D eigenvalue weighted by atomic mass is 10.1. The number of nitriles is 1. The van der Waals surface area contributed by atoms with Crippen LogP contribution in [0.2, 0.25) is 0 Å². The molecule has 0 amide bonds. The topological polar surface area (TPSA) is 76.4 Å². The van der Waals surface area contributed by atoms with Crippen LogP contribution in [-0.2, 0) is 9.53 Å². The van der Waals surface area contributed by atoms with Crippen LogP contribution in [0, 0.1) is 11.3 Å². The van der Waals surface area contributed by atoms with E-state index in [1.165, 1.54) is 20.1 Å². The Labute approximate surface area is 115 Å². The largest absolute Gasteiger partial charge is 0.465 e. The van der Waals surface area contributed by atoms with Crippen molar-refractivity contribution in [3.63, 3.8) is 0 Å². The van der Waals surface area contributed by atoms with Gasteiger partial charge in [-0.15, -0.1) is 0 Å². The van der Waals surface area contributed by atoms with Gasteiger partial charge in [-0.3, -0.25) is 4.79 Å². The van der Waals surface area contributed by atoms with E-state index in [2.05, 4.69) is 0 Å². The summed E-state index contributed by atoms with van der Waals surface area (Å²) in [5.41, 5.74) is 1.46. The van der Waals surface area contributed by atoms with Gasteiger partial charge in [-0.25, -0.2) is 4.79 Å². The minimum Gasteiger partial charge on any atom is -0.465 e. The second-order valence-electron chi connectivity index (χ2n) is 4.04. The fraction of sp³-hybridized carbons (Fsp3) is 0.133. The number of carbonyl (C=O) groups is 2. The van der Waals surface area contributed by atoms with Crippen LogP contribution in [0.5, 0.6) is 5.75 Å². The predicted molar refractivity (Wildman–Crippen MR) is 70.4 cm³/mol. The molecule has 0 aromatic heterocycles. The molecule has 0 N–H and O–H groups in total. The molecule has 2 aliphatic rings. The maximum atomic E-state index is 11.8. The van der Waals surface area contributed by atoms with Crippen LogP contribution >= 0.6 is 0 Å². The van der Waals surface area contributed by atoms with Gasteiger partial charge >= 0.3 is 11.9 Å². The molecule has 0 aliphatic heterocycles. The molecule has 0 radical (unpaired) electrons. The number of ether oxygens (including phenoxy) is 2. The molecule has 0 atom stereocenters. The van der Waals surface area contributed by atoms with Crippen molar-refractivity contribution in [3.8, 4) is 22.9 Å².